The van der Waals surface area contributed by atoms with E-state index in [4.69, 9.17) is 0 Å². The van der Waals surface area contributed by atoms with Gasteiger partial charge in [-0.25, -0.2) is 0 Å². The molecule has 0 nitrogen and oxygen atoms in total. The molecule has 0 aliphatic heterocycles. The van der Waals surface area contributed by atoms with Crippen molar-refractivity contribution in [1.29, 1.82) is 0 Å². The lowest BCUT2D eigenvalue weighted by molar-refractivity contribution is 0.297. The van der Waals surface area contributed by atoms with E-state index >= 15 is 0 Å². The lowest BCUT2D eigenvalue weighted by Crippen LogP contribution is -2.18. The van der Waals surface area contributed by atoms with E-state index in [9.17, 15) is 0 Å². The molecule has 0 aliphatic carbocycles. The summed E-state index contributed by atoms with van der Waals surface area (Å²) >= 11 is 3.56. The van der Waals surface area contributed by atoms with Gasteiger partial charge in [-0.3, -0.25) is 0 Å². The van der Waals surface area contributed by atoms with Crippen LogP contribution in [0.15, 0.2) is 0 Å². The normalized spacial score (nSPS) is 17.4. The fourth-order valence-corrected chi connectivity index (χ4v) is 2.68. The van der Waals surface area contributed by atoms with E-state index in [1.165, 1.54) is 6.42 Å². The number of halogens is 1. The third-order valence-corrected chi connectivity index (χ3v) is 3.16. The summed E-state index contributed by atoms with van der Waals surface area (Å²) in [5.74, 6) is 2.53. The number of hydrogen-bond donors (Lipinski definition) is 0. The van der Waals surface area contributed by atoms with Crippen LogP contribution in [0.1, 0.15) is 34.1 Å². The molecule has 0 heterocycles. The quantitative estimate of drug-likeness (QED) is 0.616. The van der Waals surface area contributed by atoms with Crippen molar-refractivity contribution in [1.82, 2.24) is 0 Å². The van der Waals surface area contributed by atoms with Crippen LogP contribution in [0.4, 0.5) is 0 Å². The summed E-state index contributed by atoms with van der Waals surface area (Å²) in [6.45, 7) is 9.21. The number of alkyl halides is 1. The Balaban J connectivity index is 3.80. The predicted molar refractivity (Wildman–Crippen MR) is 51.6 cm³/mol. The summed E-state index contributed by atoms with van der Waals surface area (Å²) in [6.07, 6.45) is 1.30. The summed E-state index contributed by atoms with van der Waals surface area (Å²) in [5.41, 5.74) is 0. The minimum atomic E-state index is 0.814. The maximum Gasteiger partial charge on any atom is 0.00646 e. The molecule has 0 aliphatic rings. The second-order valence-electron chi connectivity index (χ2n) is 3.45. The highest BCUT2D eigenvalue weighted by Gasteiger charge is 2.17. The van der Waals surface area contributed by atoms with E-state index in [-0.39, 0.29) is 0 Å². The molecule has 1 heteroatoms. The number of hydrogen-bond acceptors (Lipinski definition) is 0. The van der Waals surface area contributed by atoms with Crippen LogP contribution < -0.4 is 0 Å². The zero-order valence-electron chi connectivity index (χ0n) is 7.52. The highest BCUT2D eigenvalue weighted by atomic mass is 79.9. The zero-order chi connectivity index (χ0) is 8.15. The highest BCUT2D eigenvalue weighted by Crippen LogP contribution is 2.24. The first-order valence-electron chi connectivity index (χ1n) is 4.19. The van der Waals surface area contributed by atoms with Crippen molar-refractivity contribution in [2.75, 3.05) is 5.33 Å². The van der Waals surface area contributed by atoms with Gasteiger partial charge < -0.3 is 0 Å². The molecular formula is C9H19Br. The van der Waals surface area contributed by atoms with E-state index in [1.54, 1.807) is 0 Å². The standard InChI is InChI=1S/C9H19Br/c1-5-8(4)9(6-10)7(2)3/h7-9H,5-6H2,1-4H3. The molecule has 62 valence electrons. The van der Waals surface area contributed by atoms with Crippen LogP contribution in [0.5, 0.6) is 0 Å². The van der Waals surface area contributed by atoms with Gasteiger partial charge >= 0.3 is 0 Å². The first kappa shape index (κ1) is 10.5. The van der Waals surface area contributed by atoms with Crippen LogP contribution >= 0.6 is 15.9 Å². The topological polar surface area (TPSA) is 0 Å². The van der Waals surface area contributed by atoms with E-state index < -0.39 is 0 Å². The summed E-state index contributed by atoms with van der Waals surface area (Å²) < 4.78 is 0. The van der Waals surface area contributed by atoms with Gasteiger partial charge in [0.2, 0.25) is 0 Å². The van der Waals surface area contributed by atoms with Gasteiger partial charge in [-0.2, -0.15) is 0 Å². The Morgan fingerprint density at radius 3 is 1.80 bits per heavy atom. The Kier molecular flexibility index (Phi) is 5.42. The van der Waals surface area contributed by atoms with Crippen molar-refractivity contribution in [2.24, 2.45) is 17.8 Å². The molecule has 0 saturated carbocycles. The molecule has 0 rings (SSSR count). The molecule has 0 aromatic heterocycles. The first-order chi connectivity index (χ1) is 4.63. The van der Waals surface area contributed by atoms with Crippen molar-refractivity contribution >= 4 is 15.9 Å². The van der Waals surface area contributed by atoms with Gasteiger partial charge in [0, 0.05) is 5.33 Å². The van der Waals surface area contributed by atoms with Crippen LogP contribution in [0, 0.1) is 17.8 Å². The Morgan fingerprint density at radius 2 is 1.70 bits per heavy atom. The molecule has 0 fully saturated rings. The van der Waals surface area contributed by atoms with Crippen molar-refractivity contribution < 1.29 is 0 Å². The fraction of sp³-hybridized carbons (Fsp3) is 1.00. The SMILES string of the molecule is CCC(C)C(CBr)C(C)C. The average molecular weight is 207 g/mol. The maximum absolute atomic E-state index is 3.56. The molecule has 0 amide bonds. The summed E-state index contributed by atoms with van der Waals surface area (Å²) in [5, 5.41) is 1.15. The molecule has 10 heavy (non-hydrogen) atoms. The molecule has 0 spiro atoms. The summed E-state index contributed by atoms with van der Waals surface area (Å²) in [7, 11) is 0. The Morgan fingerprint density at radius 1 is 1.20 bits per heavy atom. The van der Waals surface area contributed by atoms with E-state index in [0.29, 0.717) is 0 Å². The smallest absolute Gasteiger partial charge is 0.00646 e. The third-order valence-electron chi connectivity index (χ3n) is 2.41. The molecule has 0 radical (unpaired) electrons. The minimum Gasteiger partial charge on any atom is -0.0925 e. The highest BCUT2D eigenvalue weighted by molar-refractivity contribution is 9.09. The molecule has 0 bridgehead atoms. The van der Waals surface area contributed by atoms with Gasteiger partial charge in [0.05, 0.1) is 0 Å². The molecule has 0 aromatic carbocycles. The largest absolute Gasteiger partial charge is 0.0925 e. The Bertz CT molecular complexity index is 78.8. The monoisotopic (exact) mass is 206 g/mol. The molecule has 0 N–H and O–H groups in total. The van der Waals surface area contributed by atoms with E-state index in [0.717, 1.165) is 23.1 Å². The van der Waals surface area contributed by atoms with E-state index in [1.807, 2.05) is 0 Å². The van der Waals surface area contributed by atoms with Crippen molar-refractivity contribution in [3.63, 3.8) is 0 Å². The van der Waals surface area contributed by atoms with Crippen LogP contribution in [0.25, 0.3) is 0 Å². The number of rotatable bonds is 4. The first-order valence-corrected chi connectivity index (χ1v) is 5.31. The predicted octanol–water partition coefficient (Wildman–Crippen LogP) is 3.70. The Labute approximate surface area is 73.5 Å². The lowest BCUT2D eigenvalue weighted by atomic mass is 9.85. The van der Waals surface area contributed by atoms with Crippen molar-refractivity contribution in [2.45, 2.75) is 34.1 Å². The molecule has 0 saturated heterocycles. The zero-order valence-corrected chi connectivity index (χ0v) is 9.11. The van der Waals surface area contributed by atoms with Crippen LogP contribution in [0.2, 0.25) is 0 Å². The van der Waals surface area contributed by atoms with Gasteiger partial charge in [-0.15, -0.1) is 0 Å². The van der Waals surface area contributed by atoms with Gasteiger partial charge in [-0.1, -0.05) is 50.0 Å². The van der Waals surface area contributed by atoms with Gasteiger partial charge in [-0.05, 0) is 17.8 Å². The van der Waals surface area contributed by atoms with Crippen LogP contribution in [0.3, 0.4) is 0 Å². The van der Waals surface area contributed by atoms with Gasteiger partial charge in [0.15, 0.2) is 0 Å². The molecule has 2 atom stereocenters. The Hall–Kier alpha value is 0.480. The third kappa shape index (κ3) is 3.05. The maximum atomic E-state index is 3.56. The second-order valence-corrected chi connectivity index (χ2v) is 4.10. The van der Waals surface area contributed by atoms with Crippen molar-refractivity contribution in [3.8, 4) is 0 Å². The molecule has 2 unspecified atom stereocenters. The van der Waals surface area contributed by atoms with E-state index in [2.05, 4.69) is 43.6 Å². The van der Waals surface area contributed by atoms with Crippen LogP contribution in [-0.4, -0.2) is 5.33 Å². The summed E-state index contributed by atoms with van der Waals surface area (Å²) in [4.78, 5) is 0. The molecule has 0 aromatic rings. The minimum absolute atomic E-state index is 0.814. The molecular weight excluding hydrogens is 188 g/mol. The van der Waals surface area contributed by atoms with Crippen LogP contribution in [-0.2, 0) is 0 Å². The summed E-state index contributed by atoms with van der Waals surface area (Å²) in [6, 6.07) is 0. The van der Waals surface area contributed by atoms with Gasteiger partial charge in [0.25, 0.3) is 0 Å². The lowest BCUT2D eigenvalue weighted by Gasteiger charge is -2.24. The second kappa shape index (κ2) is 5.17. The van der Waals surface area contributed by atoms with Crippen molar-refractivity contribution in [3.05, 3.63) is 0 Å². The fourth-order valence-electron chi connectivity index (χ4n) is 1.29. The van der Waals surface area contributed by atoms with Gasteiger partial charge in [0.1, 0.15) is 0 Å². The average Bonchev–Trinajstić information content (AvgIpc) is 1.88.